The van der Waals surface area contributed by atoms with E-state index in [0.717, 1.165) is 26.6 Å². The van der Waals surface area contributed by atoms with Crippen LogP contribution in [0.15, 0.2) is 23.1 Å². The maximum Gasteiger partial charge on any atom is 0.416 e. The Bertz CT molecular complexity index is 1580. The number of carbonyl (C=O) groups excluding carboxylic acids is 2. The molecule has 3 unspecified atom stereocenters. The highest BCUT2D eigenvalue weighted by atomic mass is 19.4. The summed E-state index contributed by atoms with van der Waals surface area (Å²) in [5, 5.41) is 14.1. The number of carbonyl (C=O) groups is 2. The zero-order chi connectivity index (χ0) is 33.8. The molecule has 4 heterocycles. The monoisotopic (exact) mass is 644 g/mol. The highest BCUT2D eigenvalue weighted by Crippen LogP contribution is 2.44. The van der Waals surface area contributed by atoms with Gasteiger partial charge in [-0.25, -0.2) is 18.9 Å². The molecule has 3 aromatic rings. The SMILES string of the molecule is BC1(B)N(C(COC)c2cnn3cc(C(COC(C)(C)C(F)(F)F)NC(=O)c4nonc4C)nc3c2)C(=O)NC1(B)C(F)(F)F. The average molecular weight is 644 g/mol. The number of nitrogens with zero attached hydrogens (tertiary/aromatic N) is 6. The molecule has 1 aliphatic heterocycles. The fraction of sp³-hybridized carbons (Fsp3) is 0.565. The van der Waals surface area contributed by atoms with Crippen molar-refractivity contribution in [2.24, 2.45) is 0 Å². The van der Waals surface area contributed by atoms with Crippen LogP contribution in [0.4, 0.5) is 31.1 Å². The number of alkyl halides is 6. The van der Waals surface area contributed by atoms with Gasteiger partial charge in [0.1, 0.15) is 34.7 Å². The van der Waals surface area contributed by atoms with Crippen LogP contribution in [0.25, 0.3) is 5.65 Å². The third-order valence-electron chi connectivity index (χ3n) is 8.17. The number of aromatic nitrogens is 5. The van der Waals surface area contributed by atoms with Crippen LogP contribution in [-0.4, -0.2) is 114 Å². The lowest BCUT2D eigenvalue weighted by atomic mass is 9.44. The molecule has 1 saturated heterocycles. The van der Waals surface area contributed by atoms with Crippen molar-refractivity contribution in [3.8, 4) is 0 Å². The normalized spacial score (nSPS) is 20.3. The molecule has 0 radical (unpaired) electrons. The zero-order valence-electron chi connectivity index (χ0n) is 25.3. The summed E-state index contributed by atoms with van der Waals surface area (Å²) in [6, 6.07) is -1.85. The van der Waals surface area contributed by atoms with E-state index in [9.17, 15) is 35.9 Å². The summed E-state index contributed by atoms with van der Waals surface area (Å²) in [6.45, 7) is 2.20. The van der Waals surface area contributed by atoms with Crippen LogP contribution in [0.1, 0.15) is 53.4 Å². The lowest BCUT2D eigenvalue weighted by Gasteiger charge is -2.45. The Morgan fingerprint density at radius 1 is 1.16 bits per heavy atom. The Labute approximate surface area is 254 Å². The minimum absolute atomic E-state index is 0.0345. The molecule has 3 atom stereocenters. The minimum atomic E-state index is -4.79. The first-order valence-electron chi connectivity index (χ1n) is 13.5. The zero-order valence-corrected chi connectivity index (χ0v) is 25.3. The van der Waals surface area contributed by atoms with Crippen molar-refractivity contribution in [3.05, 3.63) is 41.1 Å². The average Bonchev–Trinajstić information content (AvgIpc) is 3.58. The first-order chi connectivity index (χ1) is 20.6. The molecule has 3 aromatic heterocycles. The topological polar surface area (TPSA) is 149 Å². The molecule has 13 nitrogen and oxygen atoms in total. The number of methoxy groups -OCH3 is 1. The maximum atomic E-state index is 14.1. The second kappa shape index (κ2) is 11.5. The Hall–Kier alpha value is -3.81. The van der Waals surface area contributed by atoms with Crippen LogP contribution in [0.2, 0.25) is 0 Å². The number of aryl methyl sites for hydroxylation is 1. The predicted octanol–water partition coefficient (Wildman–Crippen LogP) is -0.226. The first kappa shape index (κ1) is 34.1. The third-order valence-corrected chi connectivity index (χ3v) is 8.17. The van der Waals surface area contributed by atoms with Crippen LogP contribution in [-0.2, 0) is 9.47 Å². The number of halogens is 6. The van der Waals surface area contributed by atoms with E-state index >= 15 is 0 Å². The fourth-order valence-corrected chi connectivity index (χ4v) is 4.85. The minimum Gasteiger partial charge on any atom is -0.382 e. The van der Waals surface area contributed by atoms with Gasteiger partial charge in [0, 0.05) is 18.0 Å². The second-order valence-corrected chi connectivity index (χ2v) is 11.8. The van der Waals surface area contributed by atoms with Crippen LogP contribution >= 0.6 is 0 Å². The van der Waals surface area contributed by atoms with Crippen LogP contribution in [0.3, 0.4) is 0 Å². The molecule has 0 aliphatic carbocycles. The van der Waals surface area contributed by atoms with E-state index in [1.807, 2.05) is 0 Å². The Kier molecular flexibility index (Phi) is 8.73. The van der Waals surface area contributed by atoms with Crippen molar-refractivity contribution in [2.75, 3.05) is 20.3 Å². The van der Waals surface area contributed by atoms with Gasteiger partial charge in [-0.1, -0.05) is 5.16 Å². The number of amides is 3. The van der Waals surface area contributed by atoms with E-state index in [2.05, 4.69) is 35.7 Å². The second-order valence-electron chi connectivity index (χ2n) is 11.8. The van der Waals surface area contributed by atoms with Crippen LogP contribution in [0.5, 0.6) is 0 Å². The number of nitrogens with one attached hydrogen (secondary N) is 2. The fourth-order valence-electron chi connectivity index (χ4n) is 4.85. The van der Waals surface area contributed by atoms with Gasteiger partial charge in [-0.15, -0.1) is 0 Å². The third kappa shape index (κ3) is 6.08. The van der Waals surface area contributed by atoms with E-state index in [4.69, 9.17) is 9.47 Å². The first-order valence-corrected chi connectivity index (χ1v) is 13.5. The van der Waals surface area contributed by atoms with Crippen molar-refractivity contribution < 1.29 is 50.0 Å². The van der Waals surface area contributed by atoms with Gasteiger partial charge >= 0.3 is 18.4 Å². The van der Waals surface area contributed by atoms with Crippen molar-refractivity contribution >= 4 is 41.1 Å². The molecule has 2 N–H and O–H groups in total. The molecule has 4 rings (SSSR count). The molecule has 242 valence electrons. The predicted molar refractivity (Wildman–Crippen MR) is 150 cm³/mol. The molecule has 0 aromatic carbocycles. The van der Waals surface area contributed by atoms with Gasteiger partial charge in [-0.2, -0.15) is 31.4 Å². The summed E-state index contributed by atoms with van der Waals surface area (Å²) in [5.41, 5.74) is -4.87. The summed E-state index contributed by atoms with van der Waals surface area (Å²) in [6.07, 6.45) is -6.89. The largest absolute Gasteiger partial charge is 0.416 e. The van der Waals surface area contributed by atoms with E-state index in [-0.39, 0.29) is 34.9 Å². The Morgan fingerprint density at radius 2 is 1.82 bits per heavy atom. The molecule has 45 heavy (non-hydrogen) atoms. The van der Waals surface area contributed by atoms with Gasteiger partial charge in [0.05, 0.1) is 43.4 Å². The number of imidazole rings is 1. The van der Waals surface area contributed by atoms with Crippen molar-refractivity contribution in [1.29, 1.82) is 0 Å². The van der Waals surface area contributed by atoms with Gasteiger partial charge < -0.3 is 25.0 Å². The number of ether oxygens (including phenoxy) is 2. The quantitative estimate of drug-likeness (QED) is 0.226. The standard InChI is InChI=1S/C23H29B3F6N8O5/c1-10-16(38-45-37-10)17(41)35-13(8-44-19(2,3)22(27,28)29)12-7-39-15(34-12)5-11(6-33-39)14(9-43-4)40-18(42)36-20(24,21(40,25)26)23(30,31)32/h5-7,13-14H,8-9,24-26H2,1-4H3,(H,35,41)(H,36,42). The maximum absolute atomic E-state index is 14.1. The highest BCUT2D eigenvalue weighted by Gasteiger charge is 2.67. The molecule has 0 bridgehead atoms. The molecular formula is C23H29B3F6N8O5. The lowest BCUT2D eigenvalue weighted by Crippen LogP contribution is -2.70. The number of urea groups is 1. The summed E-state index contributed by atoms with van der Waals surface area (Å²) in [5.74, 6) is -0.826. The summed E-state index contributed by atoms with van der Waals surface area (Å²) in [4.78, 5) is 31.3. The summed E-state index contributed by atoms with van der Waals surface area (Å²) < 4.78 is 99.1. The molecule has 3 amide bonds. The number of rotatable bonds is 10. The van der Waals surface area contributed by atoms with Crippen LogP contribution in [0, 0.1) is 6.92 Å². The summed E-state index contributed by atoms with van der Waals surface area (Å²) >= 11 is 0. The molecule has 1 aliphatic rings. The van der Waals surface area contributed by atoms with E-state index in [0.29, 0.717) is 0 Å². The van der Waals surface area contributed by atoms with Gasteiger partial charge in [-0.05, 0) is 32.0 Å². The van der Waals surface area contributed by atoms with Crippen molar-refractivity contribution in [2.45, 2.75) is 61.6 Å². The van der Waals surface area contributed by atoms with Crippen molar-refractivity contribution in [1.82, 2.24) is 40.4 Å². The number of hydrogen-bond donors (Lipinski definition) is 2. The van der Waals surface area contributed by atoms with Gasteiger partial charge in [0.2, 0.25) is 0 Å². The lowest BCUT2D eigenvalue weighted by molar-refractivity contribution is -0.265. The molecule has 0 spiro atoms. The molecule has 22 heteroatoms. The molecule has 1 fully saturated rings. The molecular weight excluding hydrogens is 615 g/mol. The Balaban J connectivity index is 1.71. The van der Waals surface area contributed by atoms with Gasteiger partial charge in [0.25, 0.3) is 5.91 Å². The molecule has 0 saturated carbocycles. The van der Waals surface area contributed by atoms with E-state index in [1.165, 1.54) is 52.7 Å². The smallest absolute Gasteiger partial charge is 0.382 e. The van der Waals surface area contributed by atoms with Gasteiger partial charge in [0.15, 0.2) is 16.9 Å². The highest BCUT2D eigenvalue weighted by molar-refractivity contribution is 6.47. The van der Waals surface area contributed by atoms with E-state index < -0.39 is 59.4 Å². The number of fused-ring (bicyclic) bond motifs is 1. The number of hydrogen-bond acceptors (Lipinski definition) is 9. The van der Waals surface area contributed by atoms with Gasteiger partial charge in [-0.3, -0.25) is 4.79 Å². The Morgan fingerprint density at radius 3 is 2.36 bits per heavy atom. The van der Waals surface area contributed by atoms with Crippen LogP contribution < -0.4 is 10.6 Å². The summed E-state index contributed by atoms with van der Waals surface area (Å²) in [7, 11) is 4.77. The van der Waals surface area contributed by atoms with E-state index in [1.54, 1.807) is 0 Å². The van der Waals surface area contributed by atoms with Crippen molar-refractivity contribution in [3.63, 3.8) is 0 Å².